The number of ether oxygens (including phenoxy) is 1. The van der Waals surface area contributed by atoms with E-state index in [2.05, 4.69) is 4.72 Å². The van der Waals surface area contributed by atoms with Crippen molar-refractivity contribution >= 4 is 22.0 Å². The minimum absolute atomic E-state index is 0.0971. The van der Waals surface area contributed by atoms with Gasteiger partial charge >= 0.3 is 16.3 Å². The molecule has 0 saturated heterocycles. The molecule has 0 spiro atoms. The Morgan fingerprint density at radius 2 is 1.87 bits per heavy atom. The van der Waals surface area contributed by atoms with E-state index in [0.29, 0.717) is 12.0 Å². The fraction of sp³-hybridized carbons (Fsp3) is 0.462. The number of nitrogens with one attached hydrogen (secondary N) is 2. The van der Waals surface area contributed by atoms with Gasteiger partial charge in [0.1, 0.15) is 5.60 Å². The van der Waals surface area contributed by atoms with Gasteiger partial charge in [0.05, 0.1) is 4.92 Å². The molecule has 0 unspecified atom stereocenters. The summed E-state index contributed by atoms with van der Waals surface area (Å²) >= 11 is 0. The Labute approximate surface area is 134 Å². The predicted molar refractivity (Wildman–Crippen MR) is 82.8 cm³/mol. The molecule has 1 rings (SSSR count). The highest BCUT2D eigenvalue weighted by molar-refractivity contribution is 7.88. The second kappa shape index (κ2) is 7.38. The highest BCUT2D eigenvalue weighted by Crippen LogP contribution is 2.14. The van der Waals surface area contributed by atoms with Crippen LogP contribution in [0.2, 0.25) is 0 Å². The van der Waals surface area contributed by atoms with Crippen LogP contribution in [0.5, 0.6) is 0 Å². The average Bonchev–Trinajstić information content (AvgIpc) is 2.44. The number of carbonyl (C=O) groups is 1. The third kappa shape index (κ3) is 6.61. The summed E-state index contributed by atoms with van der Waals surface area (Å²) in [5.41, 5.74) is -0.374. The van der Waals surface area contributed by atoms with Gasteiger partial charge in [-0.1, -0.05) is 19.1 Å². The molecule has 10 heteroatoms. The maximum atomic E-state index is 11.7. The summed E-state index contributed by atoms with van der Waals surface area (Å²) in [4.78, 5) is 21.5. The molecule has 0 aromatic heterocycles. The molecule has 0 bridgehead atoms. The number of nitrogens with zero attached hydrogens (tertiary/aromatic N) is 1. The lowest BCUT2D eigenvalue weighted by molar-refractivity contribution is -0.384. The SMILES string of the molecule is CCC(C)(C)OC(=O)NS(=O)(=O)NCc1ccc([N+](=O)[O-])cc1. The normalized spacial score (nSPS) is 11.8. The third-order valence-corrected chi connectivity index (χ3v) is 4.01. The van der Waals surface area contributed by atoms with Crippen LogP contribution in [0, 0.1) is 10.1 Å². The number of non-ortho nitro benzene ring substituents is 1. The molecule has 1 aromatic carbocycles. The smallest absolute Gasteiger partial charge is 0.422 e. The molecule has 0 aliphatic carbocycles. The molecule has 0 radical (unpaired) electrons. The first-order chi connectivity index (χ1) is 10.5. The zero-order valence-electron chi connectivity index (χ0n) is 13.0. The predicted octanol–water partition coefficient (Wildman–Crippen LogP) is 1.84. The Kier molecular flexibility index (Phi) is 6.05. The van der Waals surface area contributed by atoms with Crippen LogP contribution in [0.25, 0.3) is 0 Å². The summed E-state index contributed by atoms with van der Waals surface area (Å²) in [5.74, 6) is 0. The van der Waals surface area contributed by atoms with E-state index in [1.165, 1.54) is 24.3 Å². The number of rotatable bonds is 7. The molecule has 23 heavy (non-hydrogen) atoms. The molecule has 9 nitrogen and oxygen atoms in total. The zero-order chi connectivity index (χ0) is 17.7. The van der Waals surface area contributed by atoms with Crippen molar-refractivity contribution in [1.82, 2.24) is 9.44 Å². The summed E-state index contributed by atoms with van der Waals surface area (Å²) < 4.78 is 32.3. The van der Waals surface area contributed by atoms with Crippen molar-refractivity contribution in [3.8, 4) is 0 Å². The van der Waals surface area contributed by atoms with Crippen LogP contribution in [0.3, 0.4) is 0 Å². The fourth-order valence-electron chi connectivity index (χ4n) is 1.40. The molecule has 2 N–H and O–H groups in total. The highest BCUT2D eigenvalue weighted by Gasteiger charge is 2.23. The Morgan fingerprint density at radius 3 is 2.35 bits per heavy atom. The van der Waals surface area contributed by atoms with Gasteiger partial charge in [-0.3, -0.25) is 10.1 Å². The van der Waals surface area contributed by atoms with Crippen molar-refractivity contribution < 1.29 is 22.9 Å². The zero-order valence-corrected chi connectivity index (χ0v) is 13.8. The Morgan fingerprint density at radius 1 is 1.30 bits per heavy atom. The molecule has 128 valence electrons. The average molecular weight is 345 g/mol. The Balaban J connectivity index is 2.58. The van der Waals surface area contributed by atoms with E-state index in [1.807, 2.05) is 0 Å². The molecule has 0 fully saturated rings. The maximum Gasteiger partial charge on any atom is 0.422 e. The summed E-state index contributed by atoms with van der Waals surface area (Å²) in [7, 11) is -4.09. The van der Waals surface area contributed by atoms with Crippen LogP contribution in [-0.4, -0.2) is 25.0 Å². The summed E-state index contributed by atoms with van der Waals surface area (Å²) in [6.07, 6.45) is -0.551. The minimum Gasteiger partial charge on any atom is -0.443 e. The molecule has 1 aromatic rings. The van der Waals surface area contributed by atoms with Crippen molar-refractivity contribution in [3.05, 3.63) is 39.9 Å². The van der Waals surface area contributed by atoms with Gasteiger partial charge in [0.15, 0.2) is 0 Å². The summed E-state index contributed by atoms with van der Waals surface area (Å²) in [6.45, 7) is 4.99. The van der Waals surface area contributed by atoms with Crippen LogP contribution in [0.1, 0.15) is 32.8 Å². The summed E-state index contributed by atoms with van der Waals surface area (Å²) in [5, 5.41) is 10.5. The topological polar surface area (TPSA) is 128 Å². The molecule has 0 saturated carbocycles. The van der Waals surface area contributed by atoms with Gasteiger partial charge in [-0.05, 0) is 25.8 Å². The van der Waals surface area contributed by atoms with Gasteiger partial charge in [0, 0.05) is 18.7 Å². The molecular formula is C13H19N3O6S. The minimum atomic E-state index is -4.09. The fourth-order valence-corrected chi connectivity index (χ4v) is 2.09. The van der Waals surface area contributed by atoms with Gasteiger partial charge in [0.2, 0.25) is 0 Å². The molecule has 0 atom stereocenters. The first kappa shape index (κ1) is 18.8. The number of nitro benzene ring substituents is 1. The monoisotopic (exact) mass is 345 g/mol. The van der Waals surface area contributed by atoms with Gasteiger partial charge in [-0.25, -0.2) is 9.52 Å². The summed E-state index contributed by atoms with van der Waals surface area (Å²) in [6, 6.07) is 5.35. The van der Waals surface area contributed by atoms with E-state index in [0.717, 1.165) is 0 Å². The lowest BCUT2D eigenvalue weighted by Gasteiger charge is -2.23. The van der Waals surface area contributed by atoms with Crippen LogP contribution >= 0.6 is 0 Å². The van der Waals surface area contributed by atoms with Crippen molar-refractivity contribution in [2.24, 2.45) is 0 Å². The lowest BCUT2D eigenvalue weighted by Crippen LogP contribution is -2.43. The van der Waals surface area contributed by atoms with Crippen molar-refractivity contribution in [2.75, 3.05) is 0 Å². The van der Waals surface area contributed by atoms with Gasteiger partial charge < -0.3 is 4.74 Å². The van der Waals surface area contributed by atoms with E-state index in [9.17, 15) is 23.3 Å². The third-order valence-electron chi connectivity index (χ3n) is 3.05. The second-order valence-corrected chi connectivity index (χ2v) is 6.85. The maximum absolute atomic E-state index is 11.7. The number of amides is 1. The largest absolute Gasteiger partial charge is 0.443 e. The Bertz CT molecular complexity index is 669. The number of nitro groups is 1. The van der Waals surface area contributed by atoms with Crippen LogP contribution in [-0.2, 0) is 21.5 Å². The standard InChI is InChI=1S/C13H19N3O6S/c1-4-13(2,3)22-12(17)15-23(20,21)14-9-10-5-7-11(8-6-10)16(18)19/h5-8,14H,4,9H2,1-3H3,(H,15,17). The molecule has 0 heterocycles. The van der Waals surface area contributed by atoms with Crippen molar-refractivity contribution in [2.45, 2.75) is 39.3 Å². The quantitative estimate of drug-likeness (QED) is 0.573. The van der Waals surface area contributed by atoms with Crippen LogP contribution < -0.4 is 9.44 Å². The van der Waals surface area contributed by atoms with Crippen LogP contribution in [0.15, 0.2) is 24.3 Å². The Hall–Kier alpha value is -2.20. The highest BCUT2D eigenvalue weighted by atomic mass is 32.2. The molecule has 0 aliphatic heterocycles. The molecule has 0 aliphatic rings. The van der Waals surface area contributed by atoms with E-state index in [4.69, 9.17) is 4.74 Å². The van der Waals surface area contributed by atoms with Crippen LogP contribution in [0.4, 0.5) is 10.5 Å². The number of benzene rings is 1. The van der Waals surface area contributed by atoms with E-state index < -0.39 is 26.8 Å². The second-order valence-electron chi connectivity index (χ2n) is 5.35. The first-order valence-corrected chi connectivity index (χ1v) is 8.27. The van der Waals surface area contributed by atoms with Gasteiger partial charge in [0.25, 0.3) is 5.69 Å². The van der Waals surface area contributed by atoms with Crippen molar-refractivity contribution in [3.63, 3.8) is 0 Å². The van der Waals surface area contributed by atoms with E-state index >= 15 is 0 Å². The number of hydrogen-bond acceptors (Lipinski definition) is 6. The van der Waals surface area contributed by atoms with E-state index in [-0.39, 0.29) is 12.2 Å². The molecular weight excluding hydrogens is 326 g/mol. The molecule has 1 amide bonds. The van der Waals surface area contributed by atoms with Gasteiger partial charge in [-0.15, -0.1) is 0 Å². The lowest BCUT2D eigenvalue weighted by atomic mass is 10.1. The van der Waals surface area contributed by atoms with Gasteiger partial charge in [-0.2, -0.15) is 13.1 Å². The van der Waals surface area contributed by atoms with Crippen molar-refractivity contribution in [1.29, 1.82) is 0 Å². The van der Waals surface area contributed by atoms with E-state index in [1.54, 1.807) is 25.5 Å². The number of hydrogen-bond donors (Lipinski definition) is 2. The number of carbonyl (C=O) groups excluding carboxylic acids is 1. The first-order valence-electron chi connectivity index (χ1n) is 6.78.